The topological polar surface area (TPSA) is 111 Å². The van der Waals surface area contributed by atoms with Gasteiger partial charge in [0.1, 0.15) is 5.76 Å². The lowest BCUT2D eigenvalue weighted by Crippen LogP contribution is -2.14. The smallest absolute Gasteiger partial charge is 0.297 e. The number of anilines is 1. The van der Waals surface area contributed by atoms with E-state index in [0.717, 1.165) is 0 Å². The van der Waals surface area contributed by atoms with Crippen LogP contribution in [0.3, 0.4) is 0 Å². The Labute approximate surface area is 97.7 Å². The molecule has 0 spiro atoms. The van der Waals surface area contributed by atoms with Gasteiger partial charge in [0.05, 0.1) is 6.54 Å². The molecule has 0 radical (unpaired) electrons. The van der Waals surface area contributed by atoms with Crippen molar-refractivity contribution in [2.75, 3.05) is 4.72 Å². The van der Waals surface area contributed by atoms with E-state index in [4.69, 9.17) is 10.2 Å². The van der Waals surface area contributed by atoms with Crippen molar-refractivity contribution in [2.24, 2.45) is 5.73 Å². The maximum Gasteiger partial charge on any atom is 0.297 e. The van der Waals surface area contributed by atoms with E-state index < -0.39 is 10.0 Å². The van der Waals surface area contributed by atoms with E-state index in [2.05, 4.69) is 14.7 Å². The zero-order valence-electron chi connectivity index (χ0n) is 8.70. The molecule has 0 aliphatic carbocycles. The molecule has 8 heteroatoms. The minimum absolute atomic E-state index is 0.0156. The molecular weight excluding hydrogens is 244 g/mol. The van der Waals surface area contributed by atoms with Crippen molar-refractivity contribution >= 4 is 16.0 Å². The van der Waals surface area contributed by atoms with Crippen LogP contribution in [-0.2, 0) is 16.6 Å². The van der Waals surface area contributed by atoms with Crippen LogP contribution in [0.2, 0.25) is 0 Å². The summed E-state index contributed by atoms with van der Waals surface area (Å²) in [6.07, 6.45) is 2.86. The lowest BCUT2D eigenvalue weighted by molar-refractivity contribution is 0.417. The second kappa shape index (κ2) is 4.52. The predicted octanol–water partition coefficient (Wildman–Crippen LogP) is 0.329. The molecule has 0 aliphatic heterocycles. The average molecular weight is 254 g/mol. The number of hydrogen-bond acceptors (Lipinski definition) is 6. The molecule has 0 saturated heterocycles. The van der Waals surface area contributed by atoms with Gasteiger partial charge in [-0.15, -0.1) is 0 Å². The lowest BCUT2D eigenvalue weighted by Gasteiger charge is -2.02. The monoisotopic (exact) mass is 254 g/mol. The number of sulfonamides is 1. The maximum atomic E-state index is 11.8. The van der Waals surface area contributed by atoms with E-state index in [1.165, 1.54) is 24.5 Å². The van der Waals surface area contributed by atoms with Crippen LogP contribution < -0.4 is 10.5 Å². The van der Waals surface area contributed by atoms with Gasteiger partial charge in [-0.1, -0.05) is 0 Å². The normalized spacial score (nSPS) is 11.4. The summed E-state index contributed by atoms with van der Waals surface area (Å²) in [7, 11) is -3.80. The lowest BCUT2D eigenvalue weighted by atomic mass is 10.5. The quantitative estimate of drug-likeness (QED) is 0.813. The van der Waals surface area contributed by atoms with Gasteiger partial charge in [0.2, 0.25) is 11.0 Å². The molecule has 2 heterocycles. The summed E-state index contributed by atoms with van der Waals surface area (Å²) < 4.78 is 30.8. The Morgan fingerprint density at radius 3 is 2.59 bits per heavy atom. The van der Waals surface area contributed by atoms with Gasteiger partial charge in [-0.2, -0.15) is 8.42 Å². The summed E-state index contributed by atoms with van der Waals surface area (Å²) >= 11 is 0. The number of rotatable bonds is 4. The molecule has 0 amide bonds. The van der Waals surface area contributed by atoms with Crippen LogP contribution in [-0.4, -0.2) is 18.4 Å². The fourth-order valence-electron chi connectivity index (χ4n) is 1.13. The zero-order valence-corrected chi connectivity index (χ0v) is 9.52. The van der Waals surface area contributed by atoms with Crippen LogP contribution in [0.4, 0.5) is 5.95 Å². The zero-order chi connectivity index (χ0) is 12.3. The van der Waals surface area contributed by atoms with Crippen molar-refractivity contribution in [1.82, 2.24) is 9.97 Å². The molecule has 0 aliphatic rings. The third-order valence-electron chi connectivity index (χ3n) is 1.89. The van der Waals surface area contributed by atoms with Crippen LogP contribution in [0.1, 0.15) is 5.76 Å². The molecular formula is C9H10N4O3S. The first kappa shape index (κ1) is 11.6. The fourth-order valence-corrected chi connectivity index (χ4v) is 2.04. The first-order valence-corrected chi connectivity index (χ1v) is 6.19. The van der Waals surface area contributed by atoms with Crippen LogP contribution in [0.5, 0.6) is 0 Å². The number of aromatic nitrogens is 2. The Kier molecular flexibility index (Phi) is 3.07. The predicted molar refractivity (Wildman–Crippen MR) is 59.4 cm³/mol. The van der Waals surface area contributed by atoms with Crippen LogP contribution >= 0.6 is 0 Å². The molecule has 3 N–H and O–H groups in total. The first-order chi connectivity index (χ1) is 8.12. The van der Waals surface area contributed by atoms with E-state index in [0.29, 0.717) is 5.76 Å². The third kappa shape index (κ3) is 2.60. The van der Waals surface area contributed by atoms with Crippen molar-refractivity contribution in [3.8, 4) is 0 Å². The molecule has 2 aromatic heterocycles. The Bertz CT molecular complexity index is 594. The van der Waals surface area contributed by atoms with Gasteiger partial charge < -0.3 is 10.2 Å². The van der Waals surface area contributed by atoms with Crippen molar-refractivity contribution < 1.29 is 12.8 Å². The molecule has 0 aromatic carbocycles. The van der Waals surface area contributed by atoms with Gasteiger partial charge in [0.15, 0.2) is 0 Å². The Morgan fingerprint density at radius 1 is 1.29 bits per heavy atom. The standard InChI is InChI=1S/C9H10N4O3S/c10-6-7-2-3-8(16-7)17(14,15)13-9-11-4-1-5-12-9/h1-5H,6,10H2,(H,11,12,13). The van der Waals surface area contributed by atoms with Crippen molar-refractivity contribution in [3.63, 3.8) is 0 Å². The third-order valence-corrected chi connectivity index (χ3v) is 3.09. The number of nitrogens with one attached hydrogen (secondary N) is 1. The van der Waals surface area contributed by atoms with Crippen molar-refractivity contribution in [3.05, 3.63) is 36.4 Å². The highest BCUT2D eigenvalue weighted by Gasteiger charge is 2.19. The number of nitrogens with two attached hydrogens (primary N) is 1. The van der Waals surface area contributed by atoms with Gasteiger partial charge in [0.25, 0.3) is 10.0 Å². The van der Waals surface area contributed by atoms with E-state index >= 15 is 0 Å². The number of furan rings is 1. The van der Waals surface area contributed by atoms with Crippen LogP contribution in [0.25, 0.3) is 0 Å². The van der Waals surface area contributed by atoms with Crippen LogP contribution in [0, 0.1) is 0 Å². The van der Waals surface area contributed by atoms with Gasteiger partial charge in [-0.25, -0.2) is 14.7 Å². The van der Waals surface area contributed by atoms with Gasteiger partial charge in [-0.05, 0) is 18.2 Å². The summed E-state index contributed by atoms with van der Waals surface area (Å²) in [5, 5.41) is -0.217. The highest BCUT2D eigenvalue weighted by atomic mass is 32.2. The minimum atomic E-state index is -3.80. The molecule has 90 valence electrons. The SMILES string of the molecule is NCc1ccc(S(=O)(=O)Nc2ncccn2)o1. The number of hydrogen-bond donors (Lipinski definition) is 2. The summed E-state index contributed by atoms with van der Waals surface area (Å²) in [6.45, 7) is 0.136. The summed E-state index contributed by atoms with van der Waals surface area (Å²) in [5.41, 5.74) is 5.33. The average Bonchev–Trinajstić information content (AvgIpc) is 2.79. The molecule has 2 rings (SSSR count). The molecule has 0 unspecified atom stereocenters. The second-order valence-corrected chi connectivity index (χ2v) is 4.72. The fraction of sp³-hybridized carbons (Fsp3) is 0.111. The van der Waals surface area contributed by atoms with Gasteiger partial charge >= 0.3 is 0 Å². The molecule has 0 atom stereocenters. The second-order valence-electron chi connectivity index (χ2n) is 3.10. The molecule has 17 heavy (non-hydrogen) atoms. The summed E-state index contributed by atoms with van der Waals surface area (Å²) in [5.74, 6) is 0.373. The molecule has 0 fully saturated rings. The molecule has 7 nitrogen and oxygen atoms in total. The van der Waals surface area contributed by atoms with E-state index in [1.54, 1.807) is 6.07 Å². The maximum absolute atomic E-state index is 11.8. The highest BCUT2D eigenvalue weighted by molar-refractivity contribution is 7.92. The van der Waals surface area contributed by atoms with Crippen molar-refractivity contribution in [2.45, 2.75) is 11.6 Å². The Balaban J connectivity index is 2.25. The number of nitrogens with zero attached hydrogens (tertiary/aromatic N) is 2. The van der Waals surface area contributed by atoms with Crippen molar-refractivity contribution in [1.29, 1.82) is 0 Å². The minimum Gasteiger partial charge on any atom is -0.446 e. The van der Waals surface area contributed by atoms with E-state index in [9.17, 15) is 8.42 Å². The first-order valence-electron chi connectivity index (χ1n) is 4.70. The summed E-state index contributed by atoms with van der Waals surface area (Å²) in [4.78, 5) is 7.50. The largest absolute Gasteiger partial charge is 0.446 e. The Hall–Kier alpha value is -1.93. The molecule has 0 bridgehead atoms. The Morgan fingerprint density at radius 2 is 2.00 bits per heavy atom. The van der Waals surface area contributed by atoms with Gasteiger partial charge in [0, 0.05) is 12.4 Å². The highest BCUT2D eigenvalue weighted by Crippen LogP contribution is 2.15. The molecule has 2 aromatic rings. The van der Waals surface area contributed by atoms with Crippen LogP contribution in [0.15, 0.2) is 40.1 Å². The molecule has 0 saturated carbocycles. The summed E-state index contributed by atoms with van der Waals surface area (Å²) in [6, 6.07) is 4.41. The van der Waals surface area contributed by atoms with E-state index in [1.807, 2.05) is 0 Å². The van der Waals surface area contributed by atoms with Gasteiger partial charge in [-0.3, -0.25) is 0 Å². The van der Waals surface area contributed by atoms with E-state index in [-0.39, 0.29) is 17.6 Å².